The summed E-state index contributed by atoms with van der Waals surface area (Å²) in [6.07, 6.45) is 4.08. The summed E-state index contributed by atoms with van der Waals surface area (Å²) in [6, 6.07) is 9.68. The number of amides is 1. The van der Waals surface area contributed by atoms with Gasteiger partial charge in [-0.25, -0.2) is 0 Å². The summed E-state index contributed by atoms with van der Waals surface area (Å²) in [5, 5.41) is 13.4. The van der Waals surface area contributed by atoms with E-state index in [4.69, 9.17) is 9.84 Å². The van der Waals surface area contributed by atoms with Crippen molar-refractivity contribution in [2.24, 2.45) is 0 Å². The average Bonchev–Trinajstić information content (AvgIpc) is 3.11. The fraction of sp³-hybridized carbons (Fsp3) is 0.474. The highest BCUT2D eigenvalue weighted by atomic mass is 16.5. The maximum absolute atomic E-state index is 12.5. The SMILES string of the molecule is COc1ccc(CC(=O)N2CCC(c3ccnn3CCO)CC2)cc1. The summed E-state index contributed by atoms with van der Waals surface area (Å²) in [6.45, 7) is 2.15. The first-order valence-corrected chi connectivity index (χ1v) is 8.74. The van der Waals surface area contributed by atoms with Gasteiger partial charge in [-0.05, 0) is 36.6 Å². The Morgan fingerprint density at radius 1 is 1.24 bits per heavy atom. The molecule has 1 aliphatic heterocycles. The molecule has 6 nitrogen and oxygen atoms in total. The fourth-order valence-electron chi connectivity index (χ4n) is 3.43. The second kappa shape index (κ2) is 8.16. The number of ether oxygens (including phenoxy) is 1. The van der Waals surface area contributed by atoms with Gasteiger partial charge >= 0.3 is 0 Å². The van der Waals surface area contributed by atoms with Crippen LogP contribution in [-0.2, 0) is 17.8 Å². The minimum Gasteiger partial charge on any atom is -0.497 e. The first kappa shape index (κ1) is 17.5. The van der Waals surface area contributed by atoms with Crippen molar-refractivity contribution in [3.05, 3.63) is 47.8 Å². The lowest BCUT2D eigenvalue weighted by Crippen LogP contribution is -2.39. The number of piperidine rings is 1. The number of methoxy groups -OCH3 is 1. The van der Waals surface area contributed by atoms with Gasteiger partial charge in [0.05, 0.1) is 26.7 Å². The number of carbonyl (C=O) groups is 1. The highest BCUT2D eigenvalue weighted by molar-refractivity contribution is 5.78. The molecule has 0 radical (unpaired) electrons. The van der Waals surface area contributed by atoms with Crippen molar-refractivity contribution in [1.82, 2.24) is 14.7 Å². The molecule has 1 N–H and O–H groups in total. The van der Waals surface area contributed by atoms with Crippen molar-refractivity contribution in [1.29, 1.82) is 0 Å². The second-order valence-electron chi connectivity index (χ2n) is 6.38. The van der Waals surface area contributed by atoms with Crippen LogP contribution in [0.25, 0.3) is 0 Å². The van der Waals surface area contributed by atoms with Gasteiger partial charge in [0.25, 0.3) is 0 Å². The van der Waals surface area contributed by atoms with E-state index in [1.54, 1.807) is 13.3 Å². The molecular formula is C19H25N3O3. The van der Waals surface area contributed by atoms with Crippen LogP contribution in [0.15, 0.2) is 36.5 Å². The molecule has 1 amide bonds. The highest BCUT2D eigenvalue weighted by Crippen LogP contribution is 2.28. The van der Waals surface area contributed by atoms with Crippen molar-refractivity contribution in [2.45, 2.75) is 31.7 Å². The van der Waals surface area contributed by atoms with Crippen molar-refractivity contribution >= 4 is 5.91 Å². The Kier molecular flexibility index (Phi) is 5.71. The number of nitrogens with zero attached hydrogens (tertiary/aromatic N) is 3. The molecule has 0 atom stereocenters. The number of carbonyl (C=O) groups excluding carboxylic acids is 1. The second-order valence-corrected chi connectivity index (χ2v) is 6.38. The molecule has 6 heteroatoms. The third kappa shape index (κ3) is 4.20. The number of hydrogen-bond acceptors (Lipinski definition) is 4. The van der Waals surface area contributed by atoms with Crippen LogP contribution in [0.2, 0.25) is 0 Å². The lowest BCUT2D eigenvalue weighted by Gasteiger charge is -2.32. The molecule has 134 valence electrons. The van der Waals surface area contributed by atoms with Crippen LogP contribution in [0.3, 0.4) is 0 Å². The lowest BCUT2D eigenvalue weighted by atomic mass is 9.93. The van der Waals surface area contributed by atoms with E-state index >= 15 is 0 Å². The molecule has 0 saturated carbocycles. The Morgan fingerprint density at radius 3 is 2.60 bits per heavy atom. The Hall–Kier alpha value is -2.34. The molecule has 0 aliphatic carbocycles. The molecule has 0 spiro atoms. The predicted molar refractivity (Wildman–Crippen MR) is 94.6 cm³/mol. The van der Waals surface area contributed by atoms with Gasteiger partial charge in [0.15, 0.2) is 0 Å². The summed E-state index contributed by atoms with van der Waals surface area (Å²) >= 11 is 0. The van der Waals surface area contributed by atoms with Crippen LogP contribution < -0.4 is 4.74 Å². The van der Waals surface area contributed by atoms with E-state index in [9.17, 15) is 4.79 Å². The minimum absolute atomic E-state index is 0.0911. The van der Waals surface area contributed by atoms with Gasteiger partial charge in [-0.2, -0.15) is 5.10 Å². The monoisotopic (exact) mass is 343 g/mol. The van der Waals surface area contributed by atoms with E-state index in [0.29, 0.717) is 18.9 Å². The zero-order chi connectivity index (χ0) is 17.6. The molecule has 1 saturated heterocycles. The van der Waals surface area contributed by atoms with Gasteiger partial charge in [0, 0.05) is 30.9 Å². The molecule has 1 fully saturated rings. The van der Waals surface area contributed by atoms with Crippen LogP contribution in [-0.4, -0.2) is 52.5 Å². The number of aliphatic hydroxyl groups excluding tert-OH is 1. The van der Waals surface area contributed by atoms with Crippen LogP contribution in [0.4, 0.5) is 0 Å². The van der Waals surface area contributed by atoms with E-state index in [1.807, 2.05) is 39.9 Å². The van der Waals surface area contributed by atoms with E-state index in [2.05, 4.69) is 5.10 Å². The number of benzene rings is 1. The largest absolute Gasteiger partial charge is 0.497 e. The molecule has 0 unspecified atom stereocenters. The molecule has 1 aromatic carbocycles. The zero-order valence-electron chi connectivity index (χ0n) is 14.6. The van der Waals surface area contributed by atoms with E-state index in [1.165, 1.54) is 0 Å². The molecule has 2 heterocycles. The predicted octanol–water partition coefficient (Wildman–Crippen LogP) is 1.83. The van der Waals surface area contributed by atoms with Gasteiger partial charge in [0.2, 0.25) is 5.91 Å². The molecular weight excluding hydrogens is 318 g/mol. The Labute approximate surface area is 148 Å². The highest BCUT2D eigenvalue weighted by Gasteiger charge is 2.25. The van der Waals surface area contributed by atoms with Crippen molar-refractivity contribution in [3.63, 3.8) is 0 Å². The quantitative estimate of drug-likeness (QED) is 0.869. The number of aliphatic hydroxyl groups is 1. The van der Waals surface area contributed by atoms with E-state index < -0.39 is 0 Å². The number of rotatable bonds is 6. The molecule has 2 aromatic rings. The van der Waals surface area contributed by atoms with Crippen LogP contribution in [0.1, 0.15) is 30.0 Å². The Bertz CT molecular complexity index is 688. The van der Waals surface area contributed by atoms with E-state index in [0.717, 1.165) is 42.9 Å². The fourth-order valence-corrected chi connectivity index (χ4v) is 3.43. The lowest BCUT2D eigenvalue weighted by molar-refractivity contribution is -0.131. The third-order valence-corrected chi connectivity index (χ3v) is 4.84. The number of hydrogen-bond donors (Lipinski definition) is 1. The van der Waals surface area contributed by atoms with Gasteiger partial charge in [-0.3, -0.25) is 9.48 Å². The maximum Gasteiger partial charge on any atom is 0.226 e. The first-order valence-electron chi connectivity index (χ1n) is 8.74. The molecule has 0 bridgehead atoms. The van der Waals surface area contributed by atoms with Gasteiger partial charge in [-0.15, -0.1) is 0 Å². The number of aromatic nitrogens is 2. The Morgan fingerprint density at radius 2 is 1.96 bits per heavy atom. The van der Waals surface area contributed by atoms with E-state index in [-0.39, 0.29) is 12.5 Å². The van der Waals surface area contributed by atoms with Gasteiger partial charge < -0.3 is 14.7 Å². The smallest absolute Gasteiger partial charge is 0.226 e. The molecule has 1 aromatic heterocycles. The van der Waals surface area contributed by atoms with Crippen molar-refractivity contribution < 1.29 is 14.6 Å². The van der Waals surface area contributed by atoms with Crippen LogP contribution in [0, 0.1) is 0 Å². The summed E-state index contributed by atoms with van der Waals surface area (Å²) in [5.41, 5.74) is 2.17. The standard InChI is InChI=1S/C19H25N3O3/c1-25-17-4-2-15(3-5-17)14-19(24)21-10-7-16(8-11-21)18-6-9-20-22(18)12-13-23/h2-6,9,16,23H,7-8,10-14H2,1H3. The topological polar surface area (TPSA) is 67.6 Å². The van der Waals surface area contributed by atoms with Crippen LogP contribution in [0.5, 0.6) is 5.75 Å². The summed E-state index contributed by atoms with van der Waals surface area (Å²) < 4.78 is 7.02. The summed E-state index contributed by atoms with van der Waals surface area (Å²) in [5.74, 6) is 1.38. The molecule has 3 rings (SSSR count). The summed E-state index contributed by atoms with van der Waals surface area (Å²) in [7, 11) is 1.64. The third-order valence-electron chi connectivity index (χ3n) is 4.84. The summed E-state index contributed by atoms with van der Waals surface area (Å²) in [4.78, 5) is 14.5. The van der Waals surface area contributed by atoms with Gasteiger partial charge in [0.1, 0.15) is 5.75 Å². The molecule has 25 heavy (non-hydrogen) atoms. The Balaban J connectivity index is 1.54. The normalized spacial score (nSPS) is 15.4. The average molecular weight is 343 g/mol. The maximum atomic E-state index is 12.5. The zero-order valence-corrected chi connectivity index (χ0v) is 14.6. The molecule has 1 aliphatic rings. The van der Waals surface area contributed by atoms with Crippen molar-refractivity contribution in [3.8, 4) is 5.75 Å². The number of likely N-dealkylation sites (tertiary alicyclic amines) is 1. The first-order chi connectivity index (χ1) is 12.2. The van der Waals surface area contributed by atoms with Crippen molar-refractivity contribution in [2.75, 3.05) is 26.8 Å². The minimum atomic E-state index is 0.0911. The van der Waals surface area contributed by atoms with Gasteiger partial charge in [-0.1, -0.05) is 12.1 Å². The van der Waals surface area contributed by atoms with Crippen LogP contribution >= 0.6 is 0 Å².